The maximum atomic E-state index is 12.2. The second kappa shape index (κ2) is 5.72. The van der Waals surface area contributed by atoms with E-state index in [1.807, 2.05) is 5.43 Å². The van der Waals surface area contributed by atoms with Crippen molar-refractivity contribution in [2.75, 3.05) is 4.72 Å². The fourth-order valence-electron chi connectivity index (χ4n) is 1.61. The summed E-state index contributed by atoms with van der Waals surface area (Å²) in [5.41, 5.74) is 2.57. The average Bonchev–Trinajstić information content (AvgIpc) is 2.47. The molecule has 7 heteroatoms. The van der Waals surface area contributed by atoms with Crippen LogP contribution in [0.4, 0.5) is 5.69 Å². The van der Waals surface area contributed by atoms with Crippen LogP contribution in [0.15, 0.2) is 59.5 Å². The SMILES string of the molecule is NNC(=O)c1cccc(S(=O)(=O)Nc2ccccc2)c1. The smallest absolute Gasteiger partial charge is 0.265 e. The molecular weight excluding hydrogens is 278 g/mol. The lowest BCUT2D eigenvalue weighted by Gasteiger charge is -2.09. The number of nitrogen functional groups attached to an aromatic ring is 1. The van der Waals surface area contributed by atoms with E-state index in [0.29, 0.717) is 5.69 Å². The third-order valence-electron chi connectivity index (χ3n) is 2.56. The number of hydrogen-bond acceptors (Lipinski definition) is 4. The molecule has 2 aromatic carbocycles. The molecule has 0 unspecified atom stereocenters. The molecule has 0 aliphatic rings. The number of carbonyl (C=O) groups excluding carboxylic acids is 1. The van der Waals surface area contributed by atoms with Gasteiger partial charge in [0.25, 0.3) is 15.9 Å². The lowest BCUT2D eigenvalue weighted by molar-refractivity contribution is 0.0953. The van der Waals surface area contributed by atoms with Gasteiger partial charge < -0.3 is 0 Å². The monoisotopic (exact) mass is 291 g/mol. The molecule has 2 rings (SSSR count). The molecule has 104 valence electrons. The minimum atomic E-state index is -3.75. The summed E-state index contributed by atoms with van der Waals surface area (Å²) in [7, 11) is -3.75. The van der Waals surface area contributed by atoms with E-state index in [4.69, 9.17) is 5.84 Å². The summed E-state index contributed by atoms with van der Waals surface area (Å²) < 4.78 is 26.8. The number of carbonyl (C=O) groups is 1. The summed E-state index contributed by atoms with van der Waals surface area (Å²) in [5, 5.41) is 0. The van der Waals surface area contributed by atoms with E-state index >= 15 is 0 Å². The molecule has 4 N–H and O–H groups in total. The number of amides is 1. The molecule has 2 aromatic rings. The summed E-state index contributed by atoms with van der Waals surface area (Å²) in [6.45, 7) is 0. The molecular formula is C13H13N3O3S. The zero-order chi connectivity index (χ0) is 14.6. The second-order valence-corrected chi connectivity index (χ2v) is 5.66. The largest absolute Gasteiger partial charge is 0.290 e. The van der Waals surface area contributed by atoms with Crippen molar-refractivity contribution in [1.29, 1.82) is 0 Å². The molecule has 0 bridgehead atoms. The Hall–Kier alpha value is -2.38. The minimum Gasteiger partial charge on any atom is -0.290 e. The van der Waals surface area contributed by atoms with Gasteiger partial charge in [-0.3, -0.25) is 14.9 Å². The molecule has 0 fully saturated rings. The number of benzene rings is 2. The maximum absolute atomic E-state index is 12.2. The molecule has 0 aromatic heterocycles. The van der Waals surface area contributed by atoms with Crippen LogP contribution < -0.4 is 16.0 Å². The quantitative estimate of drug-likeness (QED) is 0.446. The number of hydrogen-bond donors (Lipinski definition) is 3. The van der Waals surface area contributed by atoms with Crippen LogP contribution in [0.3, 0.4) is 0 Å². The van der Waals surface area contributed by atoms with Crippen LogP contribution in [0.5, 0.6) is 0 Å². The number of nitrogens with one attached hydrogen (secondary N) is 2. The van der Waals surface area contributed by atoms with Crippen LogP contribution in [0.1, 0.15) is 10.4 Å². The predicted molar refractivity (Wildman–Crippen MR) is 75.3 cm³/mol. The van der Waals surface area contributed by atoms with E-state index in [2.05, 4.69) is 4.72 Å². The molecule has 0 saturated carbocycles. The Morgan fingerprint density at radius 3 is 2.35 bits per heavy atom. The maximum Gasteiger partial charge on any atom is 0.265 e. The van der Waals surface area contributed by atoms with Gasteiger partial charge in [-0.05, 0) is 30.3 Å². The van der Waals surface area contributed by atoms with Gasteiger partial charge in [0.15, 0.2) is 0 Å². The Balaban J connectivity index is 2.33. The highest BCUT2D eigenvalue weighted by molar-refractivity contribution is 7.92. The Morgan fingerprint density at radius 1 is 1.00 bits per heavy atom. The minimum absolute atomic E-state index is 0.0116. The molecule has 0 spiro atoms. The zero-order valence-electron chi connectivity index (χ0n) is 10.4. The lowest BCUT2D eigenvalue weighted by Crippen LogP contribution is -2.30. The first-order valence-electron chi connectivity index (χ1n) is 5.72. The second-order valence-electron chi connectivity index (χ2n) is 3.97. The van der Waals surface area contributed by atoms with Crippen LogP contribution in [-0.2, 0) is 10.0 Å². The molecule has 0 atom stereocenters. The van der Waals surface area contributed by atoms with E-state index in [1.54, 1.807) is 30.3 Å². The highest BCUT2D eigenvalue weighted by atomic mass is 32.2. The van der Waals surface area contributed by atoms with E-state index in [1.165, 1.54) is 24.3 Å². The molecule has 0 saturated heterocycles. The Bertz CT molecular complexity index is 715. The average molecular weight is 291 g/mol. The topological polar surface area (TPSA) is 101 Å². The van der Waals surface area contributed by atoms with Crippen molar-refractivity contribution in [2.24, 2.45) is 5.84 Å². The number of rotatable bonds is 4. The van der Waals surface area contributed by atoms with E-state index < -0.39 is 15.9 Å². The fraction of sp³-hybridized carbons (Fsp3) is 0. The van der Waals surface area contributed by atoms with Gasteiger partial charge in [-0.2, -0.15) is 0 Å². The summed E-state index contributed by atoms with van der Waals surface area (Å²) in [4.78, 5) is 11.4. The van der Waals surface area contributed by atoms with Crippen LogP contribution in [0.25, 0.3) is 0 Å². The van der Waals surface area contributed by atoms with Crippen LogP contribution in [-0.4, -0.2) is 14.3 Å². The molecule has 20 heavy (non-hydrogen) atoms. The highest BCUT2D eigenvalue weighted by Crippen LogP contribution is 2.16. The lowest BCUT2D eigenvalue weighted by atomic mass is 10.2. The normalized spacial score (nSPS) is 10.8. The van der Waals surface area contributed by atoms with Gasteiger partial charge in [0, 0.05) is 11.3 Å². The Morgan fingerprint density at radius 2 is 1.70 bits per heavy atom. The zero-order valence-corrected chi connectivity index (χ0v) is 11.2. The first-order chi connectivity index (χ1) is 9.53. The van der Waals surface area contributed by atoms with Gasteiger partial charge in [-0.15, -0.1) is 0 Å². The summed E-state index contributed by atoms with van der Waals surface area (Å²) in [5.74, 6) is 4.47. The van der Waals surface area contributed by atoms with E-state index in [-0.39, 0.29) is 10.5 Å². The van der Waals surface area contributed by atoms with E-state index in [9.17, 15) is 13.2 Å². The van der Waals surface area contributed by atoms with Crippen molar-refractivity contribution in [3.8, 4) is 0 Å². The highest BCUT2D eigenvalue weighted by Gasteiger charge is 2.16. The van der Waals surface area contributed by atoms with Gasteiger partial charge in [-0.25, -0.2) is 14.3 Å². The third-order valence-corrected chi connectivity index (χ3v) is 3.94. The first kappa shape index (κ1) is 14.0. The number of anilines is 1. The number of sulfonamides is 1. The molecule has 0 aliphatic carbocycles. The van der Waals surface area contributed by atoms with Gasteiger partial charge in [0.2, 0.25) is 0 Å². The van der Waals surface area contributed by atoms with Crippen molar-refractivity contribution in [3.63, 3.8) is 0 Å². The van der Waals surface area contributed by atoms with Crippen molar-refractivity contribution < 1.29 is 13.2 Å². The molecule has 1 amide bonds. The molecule has 0 radical (unpaired) electrons. The van der Waals surface area contributed by atoms with Gasteiger partial charge >= 0.3 is 0 Å². The third kappa shape index (κ3) is 3.14. The summed E-state index contributed by atoms with van der Waals surface area (Å²) >= 11 is 0. The predicted octanol–water partition coefficient (Wildman–Crippen LogP) is 1.09. The molecule has 0 aliphatic heterocycles. The van der Waals surface area contributed by atoms with Crippen LogP contribution in [0, 0.1) is 0 Å². The summed E-state index contributed by atoms with van der Waals surface area (Å²) in [6.07, 6.45) is 0. The Labute approximate surface area is 116 Å². The first-order valence-corrected chi connectivity index (χ1v) is 7.20. The van der Waals surface area contributed by atoms with E-state index in [0.717, 1.165) is 0 Å². The number of para-hydroxylation sites is 1. The number of hydrazine groups is 1. The van der Waals surface area contributed by atoms with Crippen molar-refractivity contribution in [2.45, 2.75) is 4.90 Å². The van der Waals surface area contributed by atoms with Crippen LogP contribution in [0.2, 0.25) is 0 Å². The van der Waals surface area contributed by atoms with Crippen LogP contribution >= 0.6 is 0 Å². The van der Waals surface area contributed by atoms with Gasteiger partial charge in [0.05, 0.1) is 4.90 Å². The van der Waals surface area contributed by atoms with Crippen molar-refractivity contribution in [1.82, 2.24) is 5.43 Å². The van der Waals surface area contributed by atoms with Crippen molar-refractivity contribution in [3.05, 3.63) is 60.2 Å². The van der Waals surface area contributed by atoms with Gasteiger partial charge in [-0.1, -0.05) is 24.3 Å². The van der Waals surface area contributed by atoms with Crippen molar-refractivity contribution >= 4 is 21.6 Å². The Kier molecular flexibility index (Phi) is 4.02. The molecule has 6 nitrogen and oxygen atoms in total. The van der Waals surface area contributed by atoms with Gasteiger partial charge in [0.1, 0.15) is 0 Å². The summed E-state index contributed by atoms with van der Waals surface area (Å²) in [6, 6.07) is 14.1. The fourth-order valence-corrected chi connectivity index (χ4v) is 2.71. The molecule has 0 heterocycles. The number of nitrogens with two attached hydrogens (primary N) is 1. The standard InChI is InChI=1S/C13H13N3O3S/c14-15-13(17)10-5-4-8-12(9-10)20(18,19)16-11-6-2-1-3-7-11/h1-9,16H,14H2,(H,15,17).